The molecular weight excluding hydrogens is 1100 g/mol. The van der Waals surface area contributed by atoms with Crippen LogP contribution >= 0.6 is 23.2 Å². The van der Waals surface area contributed by atoms with Crippen molar-refractivity contribution in [3.8, 4) is 11.5 Å². The van der Waals surface area contributed by atoms with Crippen molar-refractivity contribution < 1.29 is 55.6 Å². The Balaban J connectivity index is 0.000000194. The van der Waals surface area contributed by atoms with E-state index in [9.17, 15) is 36.6 Å². The van der Waals surface area contributed by atoms with E-state index in [2.05, 4.69) is 34.1 Å². The molecule has 2 N–H and O–H groups in total. The average molecular weight is 1180 g/mol. The lowest BCUT2D eigenvalue weighted by molar-refractivity contribution is -0.161. The highest BCUT2D eigenvalue weighted by Gasteiger charge is 2.49. The van der Waals surface area contributed by atoms with Crippen LogP contribution in [-0.2, 0) is 74.0 Å². The van der Waals surface area contributed by atoms with E-state index in [1.165, 1.54) is 45.0 Å². The Labute approximate surface area is 482 Å². The van der Waals surface area contributed by atoms with Crippen LogP contribution in [0.4, 0.5) is 11.4 Å². The number of ether oxygens (including phenoxy) is 4. The predicted octanol–water partition coefficient (Wildman–Crippen LogP) is 8.80. The number of halogens is 2. The van der Waals surface area contributed by atoms with Crippen molar-refractivity contribution in [2.45, 2.75) is 125 Å². The number of rotatable bonds is 2. The molecule has 4 atom stereocenters. The maximum atomic E-state index is 13.3. The second kappa shape index (κ2) is 24.7. The number of fused-ring (bicyclic) bond motifs is 6. The number of esters is 2. The van der Waals surface area contributed by atoms with Crippen molar-refractivity contribution in [2.24, 2.45) is 0 Å². The first kappa shape index (κ1) is 59.9. The van der Waals surface area contributed by atoms with E-state index < -0.39 is 54.7 Å². The molecule has 4 aromatic carbocycles. The van der Waals surface area contributed by atoms with E-state index in [0.717, 1.165) is 139 Å². The maximum Gasteiger partial charge on any atom is 0.343 e. The molecule has 2 aliphatic carbocycles. The third-order valence-corrected chi connectivity index (χ3v) is 21.9. The molecule has 20 heteroatoms. The lowest BCUT2D eigenvalue weighted by atomic mass is 9.70. The Morgan fingerprint density at radius 2 is 0.900 bits per heavy atom. The lowest BCUT2D eigenvalue weighted by Crippen LogP contribution is -2.47. The van der Waals surface area contributed by atoms with Gasteiger partial charge < -0.3 is 39.0 Å². The topological polar surface area (TPSA) is 193 Å². The molecule has 4 aliphatic heterocycles. The Kier molecular flexibility index (Phi) is 18.5. The number of anilines is 2. The van der Waals surface area contributed by atoms with Gasteiger partial charge in [-0.1, -0.05) is 86.0 Å². The van der Waals surface area contributed by atoms with E-state index in [-0.39, 0.29) is 22.0 Å². The molecule has 10 rings (SSSR count). The molecular formula is C60H78Cl2N4O12S2. The first-order valence-electron chi connectivity index (χ1n) is 28.3. The van der Waals surface area contributed by atoms with E-state index in [1.807, 2.05) is 12.1 Å². The molecule has 0 aromatic heterocycles. The van der Waals surface area contributed by atoms with Gasteiger partial charge in [-0.05, 0) is 146 Å². The fourth-order valence-electron chi connectivity index (χ4n) is 13.0. The standard InChI is InChI=1S/2C30H39ClN2O6S/c2*1-32-15-6-4-3-5-7-16-33-19-29(14-8-9-22-17-24(31)11-12-25(22)29)20-39-27-13-10-23(18-26(27)33)30(35,28(34)38-2)21-40(32,36)37/h2*10-13,17-18,35H,3-9,14-16,19-21H2,1-2H3/t29-,30+;29-,30-/m00/s1. The van der Waals surface area contributed by atoms with Gasteiger partial charge in [0.05, 0.1) is 38.8 Å². The highest BCUT2D eigenvalue weighted by Crippen LogP contribution is 2.48. The molecule has 0 saturated carbocycles. The maximum absolute atomic E-state index is 13.3. The van der Waals surface area contributed by atoms with Crippen LogP contribution < -0.4 is 19.3 Å². The molecule has 0 unspecified atom stereocenters. The number of aryl methyl sites for hydroxylation is 2. The Morgan fingerprint density at radius 3 is 1.29 bits per heavy atom. The van der Waals surface area contributed by atoms with Crippen molar-refractivity contribution in [1.82, 2.24) is 8.61 Å². The van der Waals surface area contributed by atoms with Crippen molar-refractivity contribution in [1.29, 1.82) is 0 Å². The van der Waals surface area contributed by atoms with Crippen molar-refractivity contribution >= 4 is 66.6 Å². The van der Waals surface area contributed by atoms with E-state index in [1.54, 1.807) is 36.4 Å². The van der Waals surface area contributed by atoms with E-state index in [4.69, 9.17) is 42.1 Å². The third-order valence-electron chi connectivity index (χ3n) is 17.6. The molecule has 16 nitrogen and oxygen atoms in total. The van der Waals surface area contributed by atoms with Gasteiger partial charge >= 0.3 is 11.9 Å². The molecule has 436 valence electrons. The second-order valence-electron chi connectivity index (χ2n) is 23.1. The van der Waals surface area contributed by atoms with Gasteiger partial charge in [0.15, 0.2) is 0 Å². The zero-order valence-electron chi connectivity index (χ0n) is 46.7. The summed E-state index contributed by atoms with van der Waals surface area (Å²) >= 11 is 12.7. The largest absolute Gasteiger partial charge is 0.490 e. The lowest BCUT2D eigenvalue weighted by Gasteiger charge is -2.41. The van der Waals surface area contributed by atoms with Gasteiger partial charge in [0.2, 0.25) is 31.2 Å². The Bertz CT molecular complexity index is 2940. The SMILES string of the molecule is COC(=O)[C@@]1(O)CS(=O)(=O)N(C)CCCCCCCN2C[C@@]3(CCCc4cc(Cl)ccc43)COc3ccc1cc32.COC(=O)[C@]1(O)CS(=O)(=O)N(C)CCCCCCCN2C[C@@]3(CCCc4cc(Cl)ccc43)COc3ccc1cc32. The molecule has 0 amide bonds. The summed E-state index contributed by atoms with van der Waals surface area (Å²) in [6.45, 7) is 4.60. The molecule has 0 radical (unpaired) electrons. The van der Waals surface area contributed by atoms with Crippen LogP contribution in [0, 0.1) is 0 Å². The van der Waals surface area contributed by atoms with Crippen molar-refractivity contribution in [3.63, 3.8) is 0 Å². The van der Waals surface area contributed by atoms with Crippen LogP contribution in [0.2, 0.25) is 10.0 Å². The van der Waals surface area contributed by atoms with Crippen molar-refractivity contribution in [2.75, 3.05) is 102 Å². The number of carbonyl (C=O) groups is 2. The van der Waals surface area contributed by atoms with Crippen LogP contribution in [0.5, 0.6) is 11.5 Å². The van der Waals surface area contributed by atoms with Crippen LogP contribution in [0.3, 0.4) is 0 Å². The quantitative estimate of drug-likeness (QED) is 0.181. The third kappa shape index (κ3) is 12.5. The number of benzene rings is 4. The van der Waals surface area contributed by atoms with Gasteiger partial charge in [-0.15, -0.1) is 0 Å². The second-order valence-corrected chi connectivity index (χ2v) is 28.1. The highest BCUT2D eigenvalue weighted by molar-refractivity contribution is 7.89. The van der Waals surface area contributed by atoms with Gasteiger partial charge in [0.1, 0.15) is 23.0 Å². The van der Waals surface area contributed by atoms with Gasteiger partial charge in [-0.25, -0.2) is 35.0 Å². The number of nitrogens with zero attached hydrogens (tertiary/aromatic N) is 4. The zero-order chi connectivity index (χ0) is 57.1. The first-order chi connectivity index (χ1) is 38.2. The Hall–Kier alpha value is -4.66. The summed E-state index contributed by atoms with van der Waals surface area (Å²) in [4.78, 5) is 30.6. The number of hydrogen-bond donors (Lipinski definition) is 2. The minimum atomic E-state index is -3.97. The number of carbonyl (C=O) groups excluding carboxylic acids is 2. The molecule has 0 fully saturated rings. The summed E-state index contributed by atoms with van der Waals surface area (Å²) in [5.74, 6) is -2.33. The zero-order valence-corrected chi connectivity index (χ0v) is 49.8. The molecule has 80 heavy (non-hydrogen) atoms. The van der Waals surface area contributed by atoms with E-state index in [0.29, 0.717) is 63.7 Å². The first-order valence-corrected chi connectivity index (χ1v) is 32.3. The highest BCUT2D eigenvalue weighted by atomic mass is 35.5. The van der Waals surface area contributed by atoms with Gasteiger partial charge in [0, 0.05) is 74.2 Å². The minimum absolute atomic E-state index is 0.172. The summed E-state index contributed by atoms with van der Waals surface area (Å²) < 4.78 is 78.5. The smallest absolute Gasteiger partial charge is 0.343 e. The van der Waals surface area contributed by atoms with Crippen LogP contribution in [0.25, 0.3) is 0 Å². The summed E-state index contributed by atoms with van der Waals surface area (Å²) in [6.07, 6.45) is 15.1. The summed E-state index contributed by atoms with van der Waals surface area (Å²) in [5.41, 5.74) is 1.62. The molecule has 4 heterocycles. The number of aliphatic hydroxyl groups is 2. The van der Waals surface area contributed by atoms with E-state index >= 15 is 0 Å². The predicted molar refractivity (Wildman–Crippen MR) is 311 cm³/mol. The van der Waals surface area contributed by atoms with Crippen LogP contribution in [0.15, 0.2) is 72.8 Å². The Morgan fingerprint density at radius 1 is 0.525 bits per heavy atom. The molecule has 4 bridgehead atoms. The van der Waals surface area contributed by atoms with Gasteiger partial charge in [-0.2, -0.15) is 0 Å². The number of hydrogen-bond acceptors (Lipinski definition) is 14. The molecule has 2 spiro atoms. The normalized spacial score (nSPS) is 27.4. The minimum Gasteiger partial charge on any atom is -0.490 e. The van der Waals surface area contributed by atoms with Gasteiger partial charge in [0.25, 0.3) is 0 Å². The number of methoxy groups -OCH3 is 2. The fraction of sp³-hybridized carbons (Fsp3) is 0.567. The summed E-state index contributed by atoms with van der Waals surface area (Å²) in [6, 6.07) is 22.4. The van der Waals surface area contributed by atoms with Gasteiger partial charge in [-0.3, -0.25) is 0 Å². The molecule has 4 aromatic rings. The molecule has 6 aliphatic rings. The molecule has 0 saturated heterocycles. The summed E-state index contributed by atoms with van der Waals surface area (Å²) in [7, 11) is -2.64. The van der Waals surface area contributed by atoms with Crippen LogP contribution in [-0.4, -0.2) is 140 Å². The van der Waals surface area contributed by atoms with Crippen LogP contribution in [0.1, 0.15) is 123 Å². The summed E-state index contributed by atoms with van der Waals surface area (Å²) in [5, 5.41) is 24.9. The number of sulfonamides is 2. The monoisotopic (exact) mass is 1180 g/mol. The fourth-order valence-corrected chi connectivity index (χ4v) is 16.3. The average Bonchev–Trinajstić information content (AvgIpc) is 3.73. The van der Waals surface area contributed by atoms with Crippen molar-refractivity contribution in [3.05, 3.63) is 116 Å².